The second-order valence-corrected chi connectivity index (χ2v) is 7.94. The SMILES string of the molecule is Cc1cccc(-n2[nH]c(C)c(C=Nc3cc4c(cc3Br)n(C)c(=O)n4C)c2=O)c1. The van der Waals surface area contributed by atoms with Gasteiger partial charge in [-0.1, -0.05) is 12.1 Å². The molecule has 0 saturated carbocycles. The van der Waals surface area contributed by atoms with E-state index in [1.807, 2.05) is 50.2 Å². The average molecular weight is 454 g/mol. The molecule has 0 radical (unpaired) electrons. The number of nitrogens with one attached hydrogen (secondary N) is 1. The van der Waals surface area contributed by atoms with Gasteiger partial charge in [0, 0.05) is 30.5 Å². The molecular weight excluding hydrogens is 434 g/mol. The van der Waals surface area contributed by atoms with Crippen LogP contribution in [-0.2, 0) is 14.1 Å². The molecule has 0 aliphatic heterocycles. The maximum atomic E-state index is 12.9. The molecule has 0 spiro atoms. The Labute approximate surface area is 175 Å². The van der Waals surface area contributed by atoms with Gasteiger partial charge in [-0.05, 0) is 59.6 Å². The van der Waals surface area contributed by atoms with Crippen LogP contribution in [-0.4, -0.2) is 25.1 Å². The highest BCUT2D eigenvalue weighted by Crippen LogP contribution is 2.30. The van der Waals surface area contributed by atoms with Crippen LogP contribution in [0.5, 0.6) is 0 Å². The second-order valence-electron chi connectivity index (χ2n) is 7.08. The third-order valence-electron chi connectivity index (χ3n) is 5.05. The standard InChI is InChI=1S/C21H20BrN5O2/c1-12-6-5-7-14(8-12)27-20(28)15(13(2)24-27)11-23-17-10-19-18(9-16(17)22)25(3)21(29)26(19)4/h5-11,24H,1-4H3. The van der Waals surface area contributed by atoms with Crippen LogP contribution in [0.3, 0.4) is 0 Å². The van der Waals surface area contributed by atoms with E-state index in [-0.39, 0.29) is 11.2 Å². The van der Waals surface area contributed by atoms with E-state index in [2.05, 4.69) is 26.0 Å². The number of H-pyrrole nitrogens is 1. The van der Waals surface area contributed by atoms with E-state index in [1.165, 1.54) is 4.68 Å². The summed E-state index contributed by atoms with van der Waals surface area (Å²) in [4.78, 5) is 29.6. The van der Waals surface area contributed by atoms with Crippen molar-refractivity contribution in [2.75, 3.05) is 0 Å². The first-order valence-corrected chi connectivity index (χ1v) is 9.85. The van der Waals surface area contributed by atoms with E-state index in [4.69, 9.17) is 0 Å². The van der Waals surface area contributed by atoms with E-state index < -0.39 is 0 Å². The van der Waals surface area contributed by atoms with Gasteiger partial charge in [-0.15, -0.1) is 0 Å². The molecule has 2 aromatic carbocycles. The molecule has 0 fully saturated rings. The number of rotatable bonds is 3. The number of aromatic amines is 1. The van der Waals surface area contributed by atoms with Crippen molar-refractivity contribution in [3.63, 3.8) is 0 Å². The molecule has 2 heterocycles. The number of imidazole rings is 1. The third kappa shape index (κ3) is 3.19. The van der Waals surface area contributed by atoms with Crippen molar-refractivity contribution in [2.45, 2.75) is 13.8 Å². The van der Waals surface area contributed by atoms with Crippen molar-refractivity contribution in [3.05, 3.63) is 78.5 Å². The monoisotopic (exact) mass is 453 g/mol. The molecule has 2 aromatic heterocycles. The summed E-state index contributed by atoms with van der Waals surface area (Å²) in [5.74, 6) is 0. The van der Waals surface area contributed by atoms with Gasteiger partial charge in [0.25, 0.3) is 5.56 Å². The predicted molar refractivity (Wildman–Crippen MR) is 119 cm³/mol. The van der Waals surface area contributed by atoms with Crippen LogP contribution in [0.25, 0.3) is 16.7 Å². The Bertz CT molecular complexity index is 1400. The minimum absolute atomic E-state index is 0.101. The van der Waals surface area contributed by atoms with Crippen molar-refractivity contribution >= 4 is 38.9 Å². The van der Waals surface area contributed by atoms with E-state index in [0.29, 0.717) is 11.3 Å². The van der Waals surface area contributed by atoms with Gasteiger partial charge in [0.1, 0.15) is 0 Å². The maximum absolute atomic E-state index is 12.9. The van der Waals surface area contributed by atoms with Crippen LogP contribution in [0.2, 0.25) is 0 Å². The zero-order valence-corrected chi connectivity index (χ0v) is 18.1. The number of nitrogens with zero attached hydrogens (tertiary/aromatic N) is 4. The molecule has 0 saturated heterocycles. The number of aliphatic imine (C=N–C) groups is 1. The van der Waals surface area contributed by atoms with Crippen molar-refractivity contribution < 1.29 is 0 Å². The van der Waals surface area contributed by atoms with E-state index in [0.717, 1.165) is 32.5 Å². The van der Waals surface area contributed by atoms with E-state index >= 15 is 0 Å². The molecule has 4 aromatic rings. The normalized spacial score (nSPS) is 11.8. The number of aryl methyl sites for hydroxylation is 4. The lowest BCUT2D eigenvalue weighted by atomic mass is 10.2. The molecule has 0 aliphatic rings. The minimum Gasteiger partial charge on any atom is -0.295 e. The zero-order valence-electron chi connectivity index (χ0n) is 16.5. The molecule has 0 amide bonds. The predicted octanol–water partition coefficient (Wildman–Crippen LogP) is 3.49. The van der Waals surface area contributed by atoms with Crippen LogP contribution in [0.1, 0.15) is 16.8 Å². The molecule has 1 N–H and O–H groups in total. The molecule has 0 atom stereocenters. The number of hydrogen-bond donors (Lipinski definition) is 1. The van der Waals surface area contributed by atoms with Gasteiger partial charge in [0.05, 0.1) is 28.0 Å². The molecule has 29 heavy (non-hydrogen) atoms. The topological polar surface area (TPSA) is 77.1 Å². The van der Waals surface area contributed by atoms with Gasteiger partial charge < -0.3 is 0 Å². The summed E-state index contributed by atoms with van der Waals surface area (Å²) in [7, 11) is 3.46. The Kier molecular flexibility index (Phi) is 4.66. The summed E-state index contributed by atoms with van der Waals surface area (Å²) in [6, 6.07) is 11.4. The largest absolute Gasteiger partial charge is 0.328 e. The molecule has 0 aliphatic carbocycles. The summed E-state index contributed by atoms with van der Waals surface area (Å²) in [6.07, 6.45) is 1.56. The highest BCUT2D eigenvalue weighted by atomic mass is 79.9. The van der Waals surface area contributed by atoms with Crippen LogP contribution in [0.4, 0.5) is 5.69 Å². The lowest BCUT2D eigenvalue weighted by molar-refractivity contribution is 0.795. The highest BCUT2D eigenvalue weighted by molar-refractivity contribution is 9.10. The molecule has 0 unspecified atom stereocenters. The molecule has 4 rings (SSSR count). The number of halogens is 1. The first-order chi connectivity index (χ1) is 13.8. The van der Waals surface area contributed by atoms with E-state index in [9.17, 15) is 9.59 Å². The Hall–Kier alpha value is -3.13. The van der Waals surface area contributed by atoms with Gasteiger partial charge in [-0.2, -0.15) is 0 Å². The van der Waals surface area contributed by atoms with Gasteiger partial charge in [-0.25, -0.2) is 9.48 Å². The molecule has 7 nitrogen and oxygen atoms in total. The first-order valence-electron chi connectivity index (χ1n) is 9.05. The maximum Gasteiger partial charge on any atom is 0.328 e. The van der Waals surface area contributed by atoms with Crippen molar-refractivity contribution in [1.82, 2.24) is 18.9 Å². The minimum atomic E-state index is -0.166. The smallest absolute Gasteiger partial charge is 0.295 e. The number of benzene rings is 2. The van der Waals surface area contributed by atoms with Gasteiger partial charge in [0.15, 0.2) is 0 Å². The molecule has 148 valence electrons. The Balaban J connectivity index is 1.79. The summed E-state index contributed by atoms with van der Waals surface area (Å²) >= 11 is 3.52. The lowest BCUT2D eigenvalue weighted by Crippen LogP contribution is -2.19. The van der Waals surface area contributed by atoms with Crippen LogP contribution < -0.4 is 11.2 Å². The molecular formula is C21H20BrN5O2. The fraction of sp³-hybridized carbons (Fsp3) is 0.190. The fourth-order valence-corrected chi connectivity index (χ4v) is 3.84. The molecule has 0 bridgehead atoms. The van der Waals surface area contributed by atoms with Gasteiger partial charge in [-0.3, -0.25) is 24.0 Å². The quantitative estimate of drug-likeness (QED) is 0.482. The molecule has 8 heteroatoms. The zero-order chi connectivity index (χ0) is 20.9. The van der Waals surface area contributed by atoms with Gasteiger partial charge >= 0.3 is 5.69 Å². The van der Waals surface area contributed by atoms with Crippen molar-refractivity contribution in [3.8, 4) is 5.69 Å². The van der Waals surface area contributed by atoms with Crippen LogP contribution in [0.15, 0.2) is 55.5 Å². The van der Waals surface area contributed by atoms with Crippen LogP contribution in [0, 0.1) is 13.8 Å². The number of fused-ring (bicyclic) bond motifs is 1. The first kappa shape index (κ1) is 19.2. The summed E-state index contributed by atoms with van der Waals surface area (Å²) in [5, 5.41) is 3.11. The van der Waals surface area contributed by atoms with Gasteiger partial charge in [0.2, 0.25) is 0 Å². The fourth-order valence-electron chi connectivity index (χ4n) is 3.40. The Morgan fingerprint density at radius 3 is 2.41 bits per heavy atom. The Morgan fingerprint density at radius 2 is 1.72 bits per heavy atom. The second kappa shape index (κ2) is 7.04. The summed E-state index contributed by atoms with van der Waals surface area (Å²) in [5.41, 5.74) is 5.02. The Morgan fingerprint density at radius 1 is 1.03 bits per heavy atom. The average Bonchev–Trinajstić information content (AvgIpc) is 3.08. The third-order valence-corrected chi connectivity index (χ3v) is 5.69. The lowest BCUT2D eigenvalue weighted by Gasteiger charge is -2.02. The van der Waals surface area contributed by atoms with Crippen molar-refractivity contribution in [1.29, 1.82) is 0 Å². The number of hydrogen-bond acceptors (Lipinski definition) is 3. The number of aromatic nitrogens is 4. The highest BCUT2D eigenvalue weighted by Gasteiger charge is 2.13. The summed E-state index contributed by atoms with van der Waals surface area (Å²) in [6.45, 7) is 3.82. The summed E-state index contributed by atoms with van der Waals surface area (Å²) < 4.78 is 5.43. The van der Waals surface area contributed by atoms with E-state index in [1.54, 1.807) is 29.4 Å². The van der Waals surface area contributed by atoms with Crippen molar-refractivity contribution in [2.24, 2.45) is 19.1 Å². The van der Waals surface area contributed by atoms with Crippen LogP contribution >= 0.6 is 15.9 Å².